The summed E-state index contributed by atoms with van der Waals surface area (Å²) in [7, 11) is 0. The van der Waals surface area contributed by atoms with Crippen LogP contribution in [0.25, 0.3) is 31.9 Å². The minimum Gasteiger partial charge on any atom is -0.373 e. The van der Waals surface area contributed by atoms with E-state index in [4.69, 9.17) is 22.1 Å². The van der Waals surface area contributed by atoms with E-state index < -0.39 is 0 Å². The smallest absolute Gasteiger partial charge is 0.0539 e. The van der Waals surface area contributed by atoms with Crippen LogP contribution in [0.4, 0.5) is 11.4 Å². The number of rotatable bonds is 3. The summed E-state index contributed by atoms with van der Waals surface area (Å²) >= 11 is 0. The first kappa shape index (κ1) is 16.7. The van der Waals surface area contributed by atoms with Gasteiger partial charge in [0.15, 0.2) is 0 Å². The van der Waals surface area contributed by atoms with Crippen LogP contribution < -0.4 is 10.9 Å². The molecule has 0 radical (unpaired) electrons. The molecule has 0 aliphatic rings. The molecule has 0 saturated carbocycles. The quantitative estimate of drug-likeness (QED) is 0.355. The Bertz CT molecular complexity index is 476. The lowest BCUT2D eigenvalue weighted by Gasteiger charge is -2.08. The molecule has 2 aromatic carbocycles. The second-order valence-corrected chi connectivity index (χ2v) is 3.16. The molecule has 0 fully saturated rings. The van der Waals surface area contributed by atoms with E-state index in [2.05, 4.69) is 10.9 Å². The van der Waals surface area contributed by atoms with Gasteiger partial charge in [-0.25, -0.2) is 0 Å². The number of nitrogens with zero attached hydrogens (tertiary/aromatic N) is 6. The lowest BCUT2D eigenvalue weighted by Crippen LogP contribution is -2.07. The van der Waals surface area contributed by atoms with Crippen molar-refractivity contribution < 1.29 is 0 Å². The van der Waals surface area contributed by atoms with Crippen molar-refractivity contribution in [3.63, 3.8) is 0 Å². The Balaban J connectivity index is 0.000000520. The normalized spacial score (nSPS) is 7.40. The first-order chi connectivity index (χ1) is 9.78. The Hall–Kier alpha value is -3.34. The average molecular weight is 268 g/mol. The summed E-state index contributed by atoms with van der Waals surface area (Å²) in [4.78, 5) is 3.00. The topological polar surface area (TPSA) is 141 Å². The first-order valence-corrected chi connectivity index (χ1v) is 5.37. The second kappa shape index (κ2) is 12.1. The van der Waals surface area contributed by atoms with Gasteiger partial charge in [0.2, 0.25) is 0 Å². The van der Waals surface area contributed by atoms with E-state index in [0.29, 0.717) is 0 Å². The highest BCUT2D eigenvalue weighted by Crippen LogP contribution is 2.08. The predicted octanol–water partition coefficient (Wildman–Crippen LogP) is 4.86. The van der Waals surface area contributed by atoms with Crippen LogP contribution in [0, 0.1) is 0 Å². The molecule has 8 heteroatoms. The van der Waals surface area contributed by atoms with Gasteiger partial charge < -0.3 is 33.0 Å². The van der Waals surface area contributed by atoms with Gasteiger partial charge in [-0.15, -0.1) is 0 Å². The Morgan fingerprint density at radius 1 is 0.550 bits per heavy atom. The fourth-order valence-electron chi connectivity index (χ4n) is 1.19. The summed E-state index contributed by atoms with van der Waals surface area (Å²) in [6, 6.07) is 20.0. The van der Waals surface area contributed by atoms with E-state index in [-0.39, 0.29) is 0 Å². The zero-order valence-corrected chi connectivity index (χ0v) is 10.5. The predicted molar refractivity (Wildman–Crippen MR) is 80.3 cm³/mol. The standard InChI is InChI=1S/C12H12N2.2N3/c1-3-7-11(8-4-1)13-14-12-9-5-2-6-10-12;2*1-3-2/h1-10,13-14H;;/q;2*-1. The van der Waals surface area contributed by atoms with Crippen molar-refractivity contribution >= 4 is 11.4 Å². The molecule has 0 unspecified atom stereocenters. The fourth-order valence-corrected chi connectivity index (χ4v) is 1.19. The van der Waals surface area contributed by atoms with E-state index in [1.165, 1.54) is 9.82 Å². The van der Waals surface area contributed by atoms with Crippen molar-refractivity contribution in [2.24, 2.45) is 0 Å². The molecule has 0 amide bonds. The molecule has 0 spiro atoms. The molecule has 0 heterocycles. The highest BCUT2D eigenvalue weighted by molar-refractivity contribution is 5.51. The minimum absolute atomic E-state index is 1.05. The number of hydrogen-bond donors (Lipinski definition) is 2. The zero-order chi connectivity index (χ0) is 15.1. The number of nitrogens with one attached hydrogen (secondary N) is 2. The van der Waals surface area contributed by atoms with Crippen LogP contribution in [0.2, 0.25) is 0 Å². The molecule has 0 bridgehead atoms. The van der Waals surface area contributed by atoms with Crippen molar-refractivity contribution in [3.05, 3.63) is 92.6 Å². The van der Waals surface area contributed by atoms with Crippen molar-refractivity contribution in [3.8, 4) is 0 Å². The van der Waals surface area contributed by atoms with Crippen molar-refractivity contribution in [1.29, 1.82) is 0 Å². The molecular weight excluding hydrogens is 256 g/mol. The largest absolute Gasteiger partial charge is 0.373 e. The van der Waals surface area contributed by atoms with Crippen LogP contribution in [-0.4, -0.2) is 0 Å². The molecule has 0 aliphatic carbocycles. The van der Waals surface area contributed by atoms with Crippen LogP contribution in [0.5, 0.6) is 0 Å². The van der Waals surface area contributed by atoms with Gasteiger partial charge in [-0.1, -0.05) is 36.4 Å². The third-order valence-electron chi connectivity index (χ3n) is 1.90. The summed E-state index contributed by atoms with van der Waals surface area (Å²) in [6.07, 6.45) is 0. The Labute approximate surface area is 115 Å². The highest BCUT2D eigenvalue weighted by Gasteiger charge is 1.88. The van der Waals surface area contributed by atoms with Crippen LogP contribution >= 0.6 is 0 Å². The second-order valence-electron chi connectivity index (χ2n) is 3.16. The maximum absolute atomic E-state index is 6.75. The monoisotopic (exact) mass is 268 g/mol. The lowest BCUT2D eigenvalue weighted by molar-refractivity contribution is 1.41. The molecule has 20 heavy (non-hydrogen) atoms. The van der Waals surface area contributed by atoms with Gasteiger partial charge in [-0.3, -0.25) is 9.82 Å². The lowest BCUT2D eigenvalue weighted by atomic mass is 10.3. The SMILES string of the molecule is [N-]=[N+]=[N-].[N-]=[N+]=[N-].c1ccc(NNc2ccccc2)cc1. The third-order valence-corrected chi connectivity index (χ3v) is 1.90. The maximum Gasteiger partial charge on any atom is 0.0539 e. The van der Waals surface area contributed by atoms with Crippen molar-refractivity contribution in [1.82, 2.24) is 0 Å². The summed E-state index contributed by atoms with van der Waals surface area (Å²) in [6.45, 7) is 0. The van der Waals surface area contributed by atoms with Crippen molar-refractivity contribution in [2.45, 2.75) is 0 Å². The van der Waals surface area contributed by atoms with Gasteiger partial charge in [-0.05, 0) is 24.3 Å². The summed E-state index contributed by atoms with van der Waals surface area (Å²) in [5, 5.41) is 0. The van der Waals surface area contributed by atoms with E-state index in [9.17, 15) is 0 Å². The van der Waals surface area contributed by atoms with Crippen LogP contribution in [-0.2, 0) is 0 Å². The Morgan fingerprint density at radius 3 is 1.05 bits per heavy atom. The van der Waals surface area contributed by atoms with Crippen molar-refractivity contribution in [2.75, 3.05) is 10.9 Å². The van der Waals surface area contributed by atoms with Gasteiger partial charge in [0.05, 0.1) is 11.4 Å². The molecule has 0 saturated heterocycles. The molecule has 2 rings (SSSR count). The first-order valence-electron chi connectivity index (χ1n) is 5.37. The van der Waals surface area contributed by atoms with Crippen LogP contribution in [0.3, 0.4) is 0 Å². The molecule has 8 nitrogen and oxygen atoms in total. The molecule has 0 aromatic heterocycles. The zero-order valence-electron chi connectivity index (χ0n) is 10.5. The van der Waals surface area contributed by atoms with E-state index in [1.807, 2.05) is 60.7 Å². The van der Waals surface area contributed by atoms with Gasteiger partial charge in [0.25, 0.3) is 0 Å². The van der Waals surface area contributed by atoms with E-state index in [1.54, 1.807) is 0 Å². The minimum atomic E-state index is 1.05. The molecule has 2 aromatic rings. The molecule has 0 aliphatic heterocycles. The molecule has 2 N–H and O–H groups in total. The molecular formula is C12H12N8-2. The maximum atomic E-state index is 6.75. The summed E-state index contributed by atoms with van der Waals surface area (Å²) in [5.41, 5.74) is 35.3. The van der Waals surface area contributed by atoms with Gasteiger partial charge in [-0.2, -0.15) is 0 Å². The van der Waals surface area contributed by atoms with Gasteiger partial charge in [0.1, 0.15) is 0 Å². The third kappa shape index (κ3) is 8.77. The number of hydrazine groups is 1. The number of hydrogen-bond acceptors (Lipinski definition) is 2. The number of anilines is 2. The molecule has 102 valence electrons. The van der Waals surface area contributed by atoms with Crippen LogP contribution in [0.15, 0.2) is 60.7 Å². The van der Waals surface area contributed by atoms with Crippen LogP contribution in [0.1, 0.15) is 0 Å². The highest BCUT2D eigenvalue weighted by atomic mass is 15.4. The Kier molecular flexibility index (Phi) is 10.1. The fraction of sp³-hybridized carbons (Fsp3) is 0. The number of para-hydroxylation sites is 2. The summed E-state index contributed by atoms with van der Waals surface area (Å²) < 4.78 is 0. The number of benzene rings is 2. The van der Waals surface area contributed by atoms with E-state index in [0.717, 1.165) is 11.4 Å². The molecule has 0 atom stereocenters. The van der Waals surface area contributed by atoms with Gasteiger partial charge in [0, 0.05) is 0 Å². The van der Waals surface area contributed by atoms with Gasteiger partial charge >= 0.3 is 0 Å². The average Bonchev–Trinajstić information content (AvgIpc) is 2.49. The Morgan fingerprint density at radius 2 is 0.800 bits per heavy atom. The van der Waals surface area contributed by atoms with E-state index >= 15 is 0 Å². The summed E-state index contributed by atoms with van der Waals surface area (Å²) in [5.74, 6) is 0.